The van der Waals surface area contributed by atoms with Gasteiger partial charge in [-0.2, -0.15) is 44.9 Å². The lowest BCUT2D eigenvalue weighted by atomic mass is 10.1. The van der Waals surface area contributed by atoms with Gasteiger partial charge in [-0.1, -0.05) is 141 Å². The molecule has 14 rings (SSSR count). The highest BCUT2D eigenvalue weighted by Gasteiger charge is 2.18. The van der Waals surface area contributed by atoms with Crippen molar-refractivity contribution in [3.8, 4) is 11.5 Å². The maximum atomic E-state index is 13.2. The second kappa shape index (κ2) is 61.2. The second-order valence-corrected chi connectivity index (χ2v) is 32.3. The number of carbonyl (C=O) groups excluding carboxylic acids is 5. The van der Waals surface area contributed by atoms with Crippen LogP contribution in [0.4, 0.5) is 96.4 Å². The summed E-state index contributed by atoms with van der Waals surface area (Å²) in [6, 6.07) is 81.5. The lowest BCUT2D eigenvalue weighted by molar-refractivity contribution is -0.117. The Labute approximate surface area is 844 Å². The number of nitrogens with zero attached hydrogens (tertiary/aromatic N) is 9. The largest absolute Gasteiger partial charge is 0.508 e. The SMILES string of the molecule is C.CC(=O)CCCOCCOCCNc1nc(NCCOCCOCCCC(=O)c2ccccc2)nc(Nc2ccc(O)cc2)n1.O=C(NCc1ccc(F)cc1)c1ccc(Nc2nc(Nc3ccc(O)cc3)nc(Nc3ccc(CNCc4ccccc4)cc3)n2)cc1.O=C(O)c1cccc(Nc2nc(NCCOCCOCCCC(=O)c3ccccc3)nc(Nc3ccc(C(=O)NCc4ccc(F)cc4)cc3)n2)c1. The molecule has 760 valence electrons. The molecule has 15 N–H and O–H groups in total. The highest BCUT2D eigenvalue weighted by Crippen LogP contribution is 2.27. The van der Waals surface area contributed by atoms with E-state index in [-0.39, 0.29) is 108 Å². The van der Waals surface area contributed by atoms with E-state index >= 15 is 0 Å². The van der Waals surface area contributed by atoms with Crippen LogP contribution in [-0.4, -0.2) is 194 Å². The van der Waals surface area contributed by atoms with Crippen LogP contribution in [0.5, 0.6) is 11.5 Å². The van der Waals surface area contributed by atoms with Crippen LogP contribution in [0.3, 0.4) is 0 Å². The Kier molecular flexibility index (Phi) is 45.9. The van der Waals surface area contributed by atoms with E-state index in [1.807, 2.05) is 91.0 Å². The number of carboxylic acids is 1. The number of amides is 2. The number of carboxylic acid groups (broad SMARTS) is 1. The first-order valence-corrected chi connectivity index (χ1v) is 47.0. The smallest absolute Gasteiger partial charge is 0.335 e. The number of phenols is 2. The number of phenolic OH excluding ortho intramolecular Hbond substituents is 2. The summed E-state index contributed by atoms with van der Waals surface area (Å²) in [6.45, 7) is 10.1. The van der Waals surface area contributed by atoms with E-state index < -0.39 is 5.97 Å². The van der Waals surface area contributed by atoms with Gasteiger partial charge < -0.3 is 112 Å². The number of carbonyl (C=O) groups is 6. The molecule has 0 radical (unpaired) electrons. The summed E-state index contributed by atoms with van der Waals surface area (Å²) in [6.07, 6.45) is 3.40. The molecule has 0 saturated carbocycles. The number of benzene rings is 11. The number of Topliss-reactive ketones (excluding diaryl/α,β-unsaturated/α-hetero) is 3. The van der Waals surface area contributed by atoms with Gasteiger partial charge in [-0.05, 0) is 200 Å². The van der Waals surface area contributed by atoms with Gasteiger partial charge in [-0.25, -0.2) is 13.6 Å². The standard InChI is InChI=1S/C38H38FN7O6.C37H33FN8O2.C32H44N6O7.CH4/c39-30-15-11-26(12-16-30)25-41-34(48)28-13-17-31(18-14-28)42-37-44-36(45-38(46-37)43-32-9-4-8-29(24-32)35(49)50)40-19-21-52-23-22-51-20-5-10-33(47)27-6-2-1-3-7-27;38-29-12-6-27(7-13-29)24-40-34(48)28-10-16-31(17-11-28)42-36-44-35(45-37(46-36)43-32-18-20-33(47)21-19-32)41-30-14-8-26(9-15-30)23-39-22-25-4-2-1-3-5-25;1-25(39)7-5-17-42-21-23-44-19-15-33-30-36-31(38-32(37-30)35-27-11-13-28(40)14-12-27)34-16-20-45-24-22-43-18-6-10-29(41)26-8-3-2-4-9-26;/h1-4,6-9,11-18,24H,5,10,19-23,25H2,(H,41,48)(H,49,50)(H3,40,42,43,44,45,46);1-21,39,47H,22-24H2,(H,40,48)(H3,41,42,43,44,45,46);2-4,8-9,11-14,40H,5-7,10,15-24H2,1H3,(H3,33,34,35,36,37,38);1H4. The molecule has 0 bridgehead atoms. The maximum absolute atomic E-state index is 13.2. The van der Waals surface area contributed by atoms with Crippen molar-refractivity contribution in [1.29, 1.82) is 0 Å². The summed E-state index contributed by atoms with van der Waals surface area (Å²) in [7, 11) is 0. The minimum absolute atomic E-state index is 0. The highest BCUT2D eigenvalue weighted by atomic mass is 19.1. The van der Waals surface area contributed by atoms with Crippen LogP contribution in [0.1, 0.15) is 127 Å². The number of rotatable bonds is 58. The van der Waals surface area contributed by atoms with E-state index in [1.165, 1.54) is 42.0 Å². The van der Waals surface area contributed by atoms with Crippen LogP contribution in [0.15, 0.2) is 285 Å². The molecule has 0 spiro atoms. The van der Waals surface area contributed by atoms with Crippen molar-refractivity contribution in [2.45, 2.75) is 79.1 Å². The molecule has 0 unspecified atom stereocenters. The highest BCUT2D eigenvalue weighted by molar-refractivity contribution is 5.97. The van der Waals surface area contributed by atoms with Crippen molar-refractivity contribution in [2.75, 3.05) is 147 Å². The molecule has 0 saturated heterocycles. The Morgan fingerprint density at radius 3 is 0.911 bits per heavy atom. The van der Waals surface area contributed by atoms with Crippen molar-refractivity contribution in [1.82, 2.24) is 60.8 Å². The van der Waals surface area contributed by atoms with Crippen LogP contribution in [0, 0.1) is 11.6 Å². The summed E-state index contributed by atoms with van der Waals surface area (Å²) in [4.78, 5) is 112. The quantitative estimate of drug-likeness (QED) is 0.00956. The van der Waals surface area contributed by atoms with E-state index in [1.54, 1.807) is 153 Å². The van der Waals surface area contributed by atoms with Gasteiger partial charge in [-0.3, -0.25) is 19.2 Å². The van der Waals surface area contributed by atoms with E-state index in [9.17, 15) is 52.9 Å². The minimum atomic E-state index is -1.07. The van der Waals surface area contributed by atoms with Gasteiger partial charge in [0.15, 0.2) is 11.6 Å². The summed E-state index contributed by atoms with van der Waals surface area (Å²) in [5.41, 5.74) is 10.2. The first-order chi connectivity index (χ1) is 70.8. The van der Waals surface area contributed by atoms with Crippen molar-refractivity contribution in [2.24, 2.45) is 0 Å². The summed E-state index contributed by atoms with van der Waals surface area (Å²) in [5.74, 6) is 0.848. The number of halogens is 2. The number of anilines is 15. The Hall–Kier alpha value is -16.8. The molecule has 2 amide bonds. The fraction of sp³-hybridized carbons (Fsp3) is 0.250. The lowest BCUT2D eigenvalue weighted by Gasteiger charge is -2.12. The van der Waals surface area contributed by atoms with Gasteiger partial charge in [-0.15, -0.1) is 0 Å². The number of hydrogen-bond donors (Lipinski definition) is 15. The third-order valence-electron chi connectivity index (χ3n) is 20.9. The summed E-state index contributed by atoms with van der Waals surface area (Å²) < 4.78 is 59.8. The Morgan fingerprint density at radius 1 is 0.281 bits per heavy atom. The zero-order valence-corrected chi connectivity index (χ0v) is 79.8. The fourth-order valence-corrected chi connectivity index (χ4v) is 13.4. The number of aromatic nitrogens is 9. The predicted octanol–water partition coefficient (Wildman–Crippen LogP) is 18.3. The monoisotopic (exact) mass is 1990 g/mol. The van der Waals surface area contributed by atoms with Crippen LogP contribution >= 0.6 is 0 Å². The van der Waals surface area contributed by atoms with Crippen LogP contribution in [-0.2, 0) is 59.4 Å². The van der Waals surface area contributed by atoms with Gasteiger partial charge in [0.05, 0.1) is 65.0 Å². The maximum Gasteiger partial charge on any atom is 0.335 e. The number of aromatic hydroxyl groups is 2. The molecule has 0 fully saturated rings. The molecule has 11 aromatic carbocycles. The second-order valence-electron chi connectivity index (χ2n) is 32.3. The average molecular weight is 1990 g/mol. The molecule has 14 aromatic rings. The fourth-order valence-electron chi connectivity index (χ4n) is 13.4. The number of aromatic carboxylic acids is 1. The van der Waals surface area contributed by atoms with Crippen molar-refractivity contribution < 1.29 is 81.3 Å². The van der Waals surface area contributed by atoms with Crippen LogP contribution in [0.2, 0.25) is 0 Å². The van der Waals surface area contributed by atoms with Crippen LogP contribution < -0.4 is 63.8 Å². The van der Waals surface area contributed by atoms with Gasteiger partial charge in [0, 0.05) is 141 Å². The molecular formula is C108H119F2N21O15. The molecule has 36 nitrogen and oxygen atoms in total. The lowest BCUT2D eigenvalue weighted by Crippen LogP contribution is -2.22. The first-order valence-electron chi connectivity index (χ1n) is 47.0. The van der Waals surface area contributed by atoms with E-state index in [2.05, 4.69) is 121 Å². The topological polar surface area (TPSA) is 479 Å². The number of nitrogens with one attached hydrogen (secondary N) is 12. The average Bonchev–Trinajstić information content (AvgIpc) is 0.829. The van der Waals surface area contributed by atoms with Crippen molar-refractivity contribution in [3.63, 3.8) is 0 Å². The molecule has 0 aliphatic rings. The zero-order valence-electron chi connectivity index (χ0n) is 79.8. The van der Waals surface area contributed by atoms with Gasteiger partial charge in [0.1, 0.15) is 28.9 Å². The van der Waals surface area contributed by atoms with Crippen molar-refractivity contribution in [3.05, 3.63) is 347 Å². The van der Waals surface area contributed by atoms with Gasteiger partial charge in [0.25, 0.3) is 11.8 Å². The third-order valence-corrected chi connectivity index (χ3v) is 20.9. The number of hydrogen-bond acceptors (Lipinski definition) is 33. The van der Waals surface area contributed by atoms with E-state index in [0.717, 1.165) is 41.0 Å². The number of ketones is 3. The molecule has 146 heavy (non-hydrogen) atoms. The van der Waals surface area contributed by atoms with Gasteiger partial charge >= 0.3 is 5.97 Å². The van der Waals surface area contributed by atoms with E-state index in [4.69, 9.17) is 28.4 Å². The molecule has 0 aliphatic heterocycles. The third kappa shape index (κ3) is 41.1. The minimum Gasteiger partial charge on any atom is -0.508 e. The summed E-state index contributed by atoms with van der Waals surface area (Å²) >= 11 is 0. The van der Waals surface area contributed by atoms with E-state index in [0.29, 0.717) is 206 Å². The van der Waals surface area contributed by atoms with Crippen molar-refractivity contribution >= 4 is 123 Å². The molecule has 3 heterocycles. The normalized spacial score (nSPS) is 10.7. The van der Waals surface area contributed by atoms with Gasteiger partial charge in [0.2, 0.25) is 53.5 Å². The zero-order chi connectivity index (χ0) is 102. The molecule has 38 heteroatoms. The Bertz CT molecular complexity index is 6340. The molecular weight excluding hydrogens is 1870 g/mol. The van der Waals surface area contributed by atoms with Crippen LogP contribution in [0.25, 0.3) is 0 Å². The first kappa shape index (κ1) is 110. The molecule has 0 atom stereocenters. The predicted molar refractivity (Wildman–Crippen MR) is 557 cm³/mol. The Balaban J connectivity index is 0.000000208. The summed E-state index contributed by atoms with van der Waals surface area (Å²) in [5, 5.41) is 66.0. The molecule has 3 aromatic heterocycles. The number of ether oxygens (including phenoxy) is 6. The Morgan fingerprint density at radius 2 is 0.562 bits per heavy atom. The molecule has 0 aliphatic carbocycles.